The fraction of sp³-hybridized carbons (Fsp3) is 0.350. The van der Waals surface area contributed by atoms with Gasteiger partial charge in [0.15, 0.2) is 0 Å². The van der Waals surface area contributed by atoms with Crippen LogP contribution in [0.25, 0.3) is 0 Å². The zero-order valence-electron chi connectivity index (χ0n) is 18.1. The van der Waals surface area contributed by atoms with E-state index in [1.54, 1.807) is 26.3 Å². The Labute approximate surface area is 183 Å². The van der Waals surface area contributed by atoms with Crippen molar-refractivity contribution in [3.05, 3.63) is 54.1 Å². The molecule has 170 valence electrons. The Hall–Kier alpha value is -2.63. The molecule has 0 aromatic heterocycles. The molecule has 11 heteroatoms. The van der Waals surface area contributed by atoms with Crippen molar-refractivity contribution in [2.24, 2.45) is 0 Å². The quantitative estimate of drug-likeness (QED) is 0.549. The standard InChI is InChI=1S/C20H27N3O6S2/c1-21(2)31(27,28)19-12-8-17(9-13-19)23(30(5,25)26)15-20(24)22(3)14-16-6-10-18(29-4)11-7-16/h6-13H,14-15H2,1-5H3. The highest BCUT2D eigenvalue weighted by atomic mass is 32.2. The Kier molecular flexibility index (Phi) is 7.68. The highest BCUT2D eigenvalue weighted by molar-refractivity contribution is 7.92. The number of hydrogen-bond donors (Lipinski definition) is 0. The molecule has 0 saturated heterocycles. The van der Waals surface area contributed by atoms with Gasteiger partial charge in [0, 0.05) is 27.7 Å². The number of benzene rings is 2. The minimum Gasteiger partial charge on any atom is -0.497 e. The van der Waals surface area contributed by atoms with Gasteiger partial charge in [-0.2, -0.15) is 0 Å². The monoisotopic (exact) mass is 469 g/mol. The van der Waals surface area contributed by atoms with E-state index in [0.717, 1.165) is 20.4 Å². The van der Waals surface area contributed by atoms with Gasteiger partial charge in [-0.1, -0.05) is 12.1 Å². The Morgan fingerprint density at radius 3 is 1.90 bits per heavy atom. The van der Waals surface area contributed by atoms with Crippen molar-refractivity contribution >= 4 is 31.6 Å². The van der Waals surface area contributed by atoms with E-state index >= 15 is 0 Å². The summed E-state index contributed by atoms with van der Waals surface area (Å²) >= 11 is 0. The fourth-order valence-corrected chi connectivity index (χ4v) is 4.48. The molecule has 2 aromatic carbocycles. The van der Waals surface area contributed by atoms with Gasteiger partial charge in [-0.15, -0.1) is 0 Å². The van der Waals surface area contributed by atoms with Crippen molar-refractivity contribution < 1.29 is 26.4 Å². The van der Waals surface area contributed by atoms with Gasteiger partial charge in [0.05, 0.1) is 23.9 Å². The van der Waals surface area contributed by atoms with Gasteiger partial charge in [0.1, 0.15) is 12.3 Å². The highest BCUT2D eigenvalue weighted by Crippen LogP contribution is 2.22. The maximum atomic E-state index is 12.7. The number of rotatable bonds is 9. The van der Waals surface area contributed by atoms with Gasteiger partial charge in [0.2, 0.25) is 26.0 Å². The first-order chi connectivity index (χ1) is 14.4. The number of anilines is 1. The van der Waals surface area contributed by atoms with E-state index in [4.69, 9.17) is 4.74 Å². The summed E-state index contributed by atoms with van der Waals surface area (Å²) in [5.41, 5.74) is 1.06. The van der Waals surface area contributed by atoms with Crippen LogP contribution in [0.15, 0.2) is 53.4 Å². The molecule has 0 aliphatic rings. The lowest BCUT2D eigenvalue weighted by molar-refractivity contribution is -0.128. The smallest absolute Gasteiger partial charge is 0.243 e. The molecule has 0 bridgehead atoms. The second-order valence-electron chi connectivity index (χ2n) is 7.15. The van der Waals surface area contributed by atoms with E-state index in [-0.39, 0.29) is 10.6 Å². The second-order valence-corrected chi connectivity index (χ2v) is 11.2. The molecule has 0 radical (unpaired) electrons. The predicted molar refractivity (Wildman–Crippen MR) is 119 cm³/mol. The average molecular weight is 470 g/mol. The molecular formula is C20H27N3O6S2. The maximum Gasteiger partial charge on any atom is 0.243 e. The Balaban J connectivity index is 2.20. The second kappa shape index (κ2) is 9.67. The number of sulfonamides is 2. The minimum absolute atomic E-state index is 0.0256. The third-order valence-electron chi connectivity index (χ3n) is 4.59. The summed E-state index contributed by atoms with van der Waals surface area (Å²) < 4.78 is 56.2. The number of hydrogen-bond acceptors (Lipinski definition) is 6. The number of ether oxygens (including phenoxy) is 1. The van der Waals surface area contributed by atoms with E-state index < -0.39 is 32.5 Å². The van der Waals surface area contributed by atoms with Crippen molar-refractivity contribution in [1.29, 1.82) is 0 Å². The molecular weight excluding hydrogens is 442 g/mol. The summed E-state index contributed by atoms with van der Waals surface area (Å²) in [6, 6.07) is 12.6. The van der Waals surface area contributed by atoms with Crippen molar-refractivity contribution in [2.45, 2.75) is 11.4 Å². The Morgan fingerprint density at radius 2 is 1.45 bits per heavy atom. The summed E-state index contributed by atoms with van der Waals surface area (Å²) in [6.45, 7) is -0.119. The fourth-order valence-electron chi connectivity index (χ4n) is 2.73. The van der Waals surface area contributed by atoms with E-state index in [9.17, 15) is 21.6 Å². The first-order valence-corrected chi connectivity index (χ1v) is 12.5. The average Bonchev–Trinajstić information content (AvgIpc) is 2.71. The van der Waals surface area contributed by atoms with Gasteiger partial charge in [0.25, 0.3) is 0 Å². The predicted octanol–water partition coefficient (Wildman–Crippen LogP) is 1.37. The van der Waals surface area contributed by atoms with Crippen LogP contribution in [-0.2, 0) is 31.4 Å². The summed E-state index contributed by atoms with van der Waals surface area (Å²) in [5.74, 6) is 0.284. The van der Waals surface area contributed by atoms with Crippen LogP contribution in [0.3, 0.4) is 0 Å². The van der Waals surface area contributed by atoms with Crippen LogP contribution in [0.4, 0.5) is 5.69 Å². The summed E-state index contributed by atoms with van der Waals surface area (Å²) in [4.78, 5) is 14.2. The van der Waals surface area contributed by atoms with Crippen LogP contribution in [0.2, 0.25) is 0 Å². The van der Waals surface area contributed by atoms with Crippen LogP contribution < -0.4 is 9.04 Å². The highest BCUT2D eigenvalue weighted by Gasteiger charge is 2.24. The summed E-state index contributed by atoms with van der Waals surface area (Å²) in [6.07, 6.45) is 0.994. The van der Waals surface area contributed by atoms with Crippen LogP contribution in [0.5, 0.6) is 5.75 Å². The SMILES string of the molecule is COc1ccc(CN(C)C(=O)CN(c2ccc(S(=O)(=O)N(C)C)cc2)S(C)(=O)=O)cc1. The van der Waals surface area contributed by atoms with Crippen LogP contribution in [0.1, 0.15) is 5.56 Å². The van der Waals surface area contributed by atoms with Gasteiger partial charge in [-0.3, -0.25) is 9.10 Å². The summed E-state index contributed by atoms with van der Waals surface area (Å²) in [7, 11) is -1.48. The molecule has 0 unspecified atom stereocenters. The van der Waals surface area contributed by atoms with E-state index in [2.05, 4.69) is 0 Å². The Morgan fingerprint density at radius 1 is 0.903 bits per heavy atom. The number of nitrogens with zero attached hydrogens (tertiary/aromatic N) is 3. The third kappa shape index (κ3) is 6.18. The summed E-state index contributed by atoms with van der Waals surface area (Å²) in [5, 5.41) is 0. The topological polar surface area (TPSA) is 104 Å². The van der Waals surface area contributed by atoms with Crippen molar-refractivity contribution in [3.8, 4) is 5.75 Å². The Bertz CT molecular complexity index is 1110. The van der Waals surface area contributed by atoms with Crippen LogP contribution >= 0.6 is 0 Å². The zero-order chi connectivity index (χ0) is 23.4. The number of amides is 1. The van der Waals surface area contributed by atoms with Gasteiger partial charge in [-0.25, -0.2) is 21.1 Å². The van der Waals surface area contributed by atoms with Gasteiger partial charge < -0.3 is 9.64 Å². The van der Waals surface area contributed by atoms with E-state index in [1.165, 1.54) is 43.3 Å². The number of likely N-dealkylation sites (N-methyl/N-ethyl adjacent to an activating group) is 1. The maximum absolute atomic E-state index is 12.7. The van der Waals surface area contributed by atoms with Crippen molar-refractivity contribution in [3.63, 3.8) is 0 Å². The van der Waals surface area contributed by atoms with Crippen LogP contribution in [0, 0.1) is 0 Å². The molecule has 0 atom stereocenters. The number of carbonyl (C=O) groups excluding carboxylic acids is 1. The van der Waals surface area contributed by atoms with Crippen molar-refractivity contribution in [1.82, 2.24) is 9.21 Å². The molecule has 2 rings (SSSR count). The van der Waals surface area contributed by atoms with Gasteiger partial charge in [-0.05, 0) is 42.0 Å². The molecule has 0 fully saturated rings. The molecule has 1 amide bonds. The first-order valence-electron chi connectivity index (χ1n) is 9.23. The van der Waals surface area contributed by atoms with Crippen LogP contribution in [-0.4, -0.2) is 73.0 Å². The minimum atomic E-state index is -3.78. The lowest BCUT2D eigenvalue weighted by Crippen LogP contribution is -2.41. The zero-order valence-corrected chi connectivity index (χ0v) is 19.8. The largest absolute Gasteiger partial charge is 0.497 e. The first kappa shape index (κ1) is 24.6. The molecule has 0 aliphatic carbocycles. The third-order valence-corrected chi connectivity index (χ3v) is 7.56. The van der Waals surface area contributed by atoms with E-state index in [0.29, 0.717) is 12.3 Å². The van der Waals surface area contributed by atoms with E-state index in [1.807, 2.05) is 12.1 Å². The molecule has 31 heavy (non-hydrogen) atoms. The molecule has 0 spiro atoms. The molecule has 9 nitrogen and oxygen atoms in total. The molecule has 0 aliphatic heterocycles. The van der Waals surface area contributed by atoms with Crippen molar-refractivity contribution in [2.75, 3.05) is 45.4 Å². The molecule has 0 heterocycles. The normalized spacial score (nSPS) is 11.9. The number of methoxy groups -OCH3 is 1. The molecule has 0 N–H and O–H groups in total. The molecule has 0 saturated carbocycles. The number of carbonyl (C=O) groups is 1. The van der Waals surface area contributed by atoms with Gasteiger partial charge >= 0.3 is 0 Å². The lowest BCUT2D eigenvalue weighted by atomic mass is 10.2. The lowest BCUT2D eigenvalue weighted by Gasteiger charge is -2.25. The molecule has 2 aromatic rings.